The maximum absolute atomic E-state index is 12.0. The van der Waals surface area contributed by atoms with E-state index in [0.29, 0.717) is 6.61 Å². The van der Waals surface area contributed by atoms with Gasteiger partial charge in [-0.15, -0.1) is 0 Å². The highest BCUT2D eigenvalue weighted by atomic mass is 16.5. The Bertz CT molecular complexity index is 249. The van der Waals surface area contributed by atoms with Crippen LogP contribution in [-0.4, -0.2) is 30.7 Å². The van der Waals surface area contributed by atoms with E-state index in [9.17, 15) is 4.79 Å². The molecular weight excluding hydrogens is 192 g/mol. The molecule has 3 N–H and O–H groups in total. The van der Waals surface area contributed by atoms with Gasteiger partial charge in [0.05, 0.1) is 18.1 Å². The SMILES string of the molecule is CC1(NC(=O)C2CCCC2N)CCOC1. The van der Waals surface area contributed by atoms with Crippen LogP contribution in [0.4, 0.5) is 0 Å². The lowest BCUT2D eigenvalue weighted by Gasteiger charge is -2.26. The molecule has 15 heavy (non-hydrogen) atoms. The fourth-order valence-corrected chi connectivity index (χ4v) is 2.47. The zero-order valence-corrected chi connectivity index (χ0v) is 9.29. The average Bonchev–Trinajstić information content (AvgIpc) is 2.74. The highest BCUT2D eigenvalue weighted by Crippen LogP contribution is 2.26. The highest BCUT2D eigenvalue weighted by Gasteiger charge is 2.36. The Labute approximate surface area is 90.5 Å². The summed E-state index contributed by atoms with van der Waals surface area (Å²) in [4.78, 5) is 12.0. The van der Waals surface area contributed by atoms with Gasteiger partial charge in [-0.3, -0.25) is 4.79 Å². The molecule has 2 rings (SSSR count). The molecule has 0 aromatic rings. The second kappa shape index (κ2) is 4.10. The largest absolute Gasteiger partial charge is 0.379 e. The molecule has 1 heterocycles. The molecule has 3 unspecified atom stereocenters. The molecule has 0 spiro atoms. The van der Waals surface area contributed by atoms with E-state index in [1.165, 1.54) is 0 Å². The van der Waals surface area contributed by atoms with Gasteiger partial charge in [0, 0.05) is 12.6 Å². The van der Waals surface area contributed by atoms with Crippen molar-refractivity contribution in [1.82, 2.24) is 5.32 Å². The molecule has 86 valence electrons. The van der Waals surface area contributed by atoms with E-state index in [0.717, 1.165) is 32.3 Å². The van der Waals surface area contributed by atoms with Gasteiger partial charge in [0.1, 0.15) is 0 Å². The molecule has 2 fully saturated rings. The van der Waals surface area contributed by atoms with Crippen LogP contribution >= 0.6 is 0 Å². The summed E-state index contributed by atoms with van der Waals surface area (Å²) in [6, 6.07) is 0.0518. The second-order valence-electron chi connectivity index (χ2n) is 5.05. The number of carbonyl (C=O) groups is 1. The Morgan fingerprint density at radius 3 is 2.87 bits per heavy atom. The normalized spacial score (nSPS) is 40.7. The maximum atomic E-state index is 12.0. The lowest BCUT2D eigenvalue weighted by molar-refractivity contribution is -0.127. The predicted molar refractivity (Wildman–Crippen MR) is 57.3 cm³/mol. The third-order valence-corrected chi connectivity index (χ3v) is 3.55. The number of nitrogens with two attached hydrogens (primary N) is 1. The van der Waals surface area contributed by atoms with Crippen LogP contribution in [0.2, 0.25) is 0 Å². The van der Waals surface area contributed by atoms with Gasteiger partial charge in [0.2, 0.25) is 5.91 Å². The molecule has 0 radical (unpaired) electrons. The van der Waals surface area contributed by atoms with E-state index in [2.05, 4.69) is 5.32 Å². The summed E-state index contributed by atoms with van der Waals surface area (Å²) in [5, 5.41) is 3.08. The lowest BCUT2D eigenvalue weighted by atomic mass is 9.97. The second-order valence-corrected chi connectivity index (χ2v) is 5.05. The first-order valence-electron chi connectivity index (χ1n) is 5.76. The Balaban J connectivity index is 1.91. The molecule has 1 saturated carbocycles. The van der Waals surface area contributed by atoms with Crippen LogP contribution in [0.25, 0.3) is 0 Å². The van der Waals surface area contributed by atoms with Crippen LogP contribution in [-0.2, 0) is 9.53 Å². The number of carbonyl (C=O) groups excluding carboxylic acids is 1. The molecule has 0 aromatic heterocycles. The van der Waals surface area contributed by atoms with Crippen LogP contribution in [0.15, 0.2) is 0 Å². The molecule has 1 aliphatic carbocycles. The van der Waals surface area contributed by atoms with Crippen molar-refractivity contribution in [3.63, 3.8) is 0 Å². The Kier molecular flexibility index (Phi) is 2.98. The molecule has 4 nitrogen and oxygen atoms in total. The van der Waals surface area contributed by atoms with Gasteiger partial charge in [0.25, 0.3) is 0 Å². The zero-order valence-electron chi connectivity index (χ0n) is 9.29. The average molecular weight is 212 g/mol. The fraction of sp³-hybridized carbons (Fsp3) is 0.909. The van der Waals surface area contributed by atoms with Crippen molar-refractivity contribution in [1.29, 1.82) is 0 Å². The van der Waals surface area contributed by atoms with Crippen LogP contribution in [0.1, 0.15) is 32.6 Å². The van der Waals surface area contributed by atoms with E-state index >= 15 is 0 Å². The topological polar surface area (TPSA) is 64.4 Å². The summed E-state index contributed by atoms with van der Waals surface area (Å²) in [6.45, 7) is 3.41. The van der Waals surface area contributed by atoms with Crippen molar-refractivity contribution in [3.8, 4) is 0 Å². The third-order valence-electron chi connectivity index (χ3n) is 3.55. The summed E-state index contributed by atoms with van der Waals surface area (Å²) in [6.07, 6.45) is 3.89. The summed E-state index contributed by atoms with van der Waals surface area (Å²) in [5.74, 6) is 0.135. The first kappa shape index (κ1) is 10.9. The standard InChI is InChI=1S/C11H20N2O2/c1-11(5-6-15-7-11)13-10(14)8-3-2-4-9(8)12/h8-9H,2-7,12H2,1H3,(H,13,14). The van der Waals surface area contributed by atoms with Crippen LogP contribution < -0.4 is 11.1 Å². The maximum Gasteiger partial charge on any atom is 0.225 e. The molecule has 1 saturated heterocycles. The minimum absolute atomic E-state index is 0.0161. The molecule has 0 bridgehead atoms. The summed E-state index contributed by atoms with van der Waals surface area (Å²) >= 11 is 0. The molecule has 1 aliphatic heterocycles. The number of hydrogen-bond acceptors (Lipinski definition) is 3. The molecule has 1 amide bonds. The van der Waals surface area contributed by atoms with E-state index in [1.807, 2.05) is 6.92 Å². The predicted octanol–water partition coefficient (Wildman–Crippen LogP) is 0.409. The summed E-state index contributed by atoms with van der Waals surface area (Å²) in [7, 11) is 0. The van der Waals surface area contributed by atoms with Crippen molar-refractivity contribution < 1.29 is 9.53 Å². The summed E-state index contributed by atoms with van der Waals surface area (Å²) < 4.78 is 5.30. The van der Waals surface area contributed by atoms with Crippen molar-refractivity contribution >= 4 is 5.91 Å². The molecule has 2 aliphatic rings. The van der Waals surface area contributed by atoms with E-state index in [1.54, 1.807) is 0 Å². The first-order chi connectivity index (χ1) is 7.11. The van der Waals surface area contributed by atoms with Crippen LogP contribution in [0, 0.1) is 5.92 Å². The van der Waals surface area contributed by atoms with Crippen LogP contribution in [0.3, 0.4) is 0 Å². The number of ether oxygens (including phenoxy) is 1. The van der Waals surface area contributed by atoms with Gasteiger partial charge in [-0.1, -0.05) is 6.42 Å². The van der Waals surface area contributed by atoms with Crippen molar-refractivity contribution in [2.75, 3.05) is 13.2 Å². The van der Waals surface area contributed by atoms with Crippen molar-refractivity contribution in [2.45, 2.75) is 44.2 Å². The highest BCUT2D eigenvalue weighted by molar-refractivity contribution is 5.80. The minimum atomic E-state index is -0.167. The van der Waals surface area contributed by atoms with Gasteiger partial charge in [-0.25, -0.2) is 0 Å². The number of hydrogen-bond donors (Lipinski definition) is 2. The van der Waals surface area contributed by atoms with Gasteiger partial charge >= 0.3 is 0 Å². The molecule has 4 heteroatoms. The Morgan fingerprint density at radius 1 is 1.53 bits per heavy atom. The van der Waals surface area contributed by atoms with E-state index < -0.39 is 0 Å². The number of nitrogens with one attached hydrogen (secondary N) is 1. The number of amides is 1. The molecule has 3 atom stereocenters. The van der Waals surface area contributed by atoms with Gasteiger partial charge < -0.3 is 15.8 Å². The smallest absolute Gasteiger partial charge is 0.225 e. The van der Waals surface area contributed by atoms with Crippen molar-refractivity contribution in [3.05, 3.63) is 0 Å². The third kappa shape index (κ3) is 2.32. The van der Waals surface area contributed by atoms with E-state index in [4.69, 9.17) is 10.5 Å². The lowest BCUT2D eigenvalue weighted by Crippen LogP contribution is -2.50. The van der Waals surface area contributed by atoms with Crippen LogP contribution in [0.5, 0.6) is 0 Å². The molecule has 0 aromatic carbocycles. The number of rotatable bonds is 2. The van der Waals surface area contributed by atoms with Gasteiger partial charge in [-0.05, 0) is 26.2 Å². The minimum Gasteiger partial charge on any atom is -0.379 e. The Hall–Kier alpha value is -0.610. The fourth-order valence-electron chi connectivity index (χ4n) is 2.47. The van der Waals surface area contributed by atoms with Crippen molar-refractivity contribution in [2.24, 2.45) is 11.7 Å². The van der Waals surface area contributed by atoms with Gasteiger partial charge in [-0.2, -0.15) is 0 Å². The Morgan fingerprint density at radius 2 is 2.33 bits per heavy atom. The first-order valence-corrected chi connectivity index (χ1v) is 5.76. The van der Waals surface area contributed by atoms with Gasteiger partial charge in [0.15, 0.2) is 0 Å². The summed E-state index contributed by atoms with van der Waals surface area (Å²) in [5.41, 5.74) is 5.74. The zero-order chi connectivity index (χ0) is 10.9. The quantitative estimate of drug-likeness (QED) is 0.696. The monoisotopic (exact) mass is 212 g/mol. The van der Waals surface area contributed by atoms with E-state index in [-0.39, 0.29) is 23.4 Å². The molecular formula is C11H20N2O2.